The average molecular weight is 367 g/mol. The van der Waals surface area contributed by atoms with Gasteiger partial charge in [-0.2, -0.15) is 0 Å². The van der Waals surface area contributed by atoms with E-state index in [1.165, 1.54) is 17.5 Å². The molecule has 0 fully saturated rings. The number of halogens is 2. The first-order valence-corrected chi connectivity index (χ1v) is 8.51. The van der Waals surface area contributed by atoms with Gasteiger partial charge in [0, 0.05) is 15.5 Å². The first-order valence-electron chi connectivity index (χ1n) is 7.34. The third-order valence-electron chi connectivity index (χ3n) is 3.75. The molecule has 2 aromatic carbocycles. The lowest BCUT2D eigenvalue weighted by Crippen LogP contribution is -2.27. The van der Waals surface area contributed by atoms with Gasteiger partial charge in [0.15, 0.2) is 0 Å². The van der Waals surface area contributed by atoms with Gasteiger partial charge in [0.05, 0.1) is 0 Å². The van der Waals surface area contributed by atoms with Gasteiger partial charge >= 0.3 is 0 Å². The molecule has 3 heteroatoms. The Bertz CT molecular complexity index is 556. The predicted molar refractivity (Wildman–Crippen MR) is 95.1 cm³/mol. The minimum Gasteiger partial charge on any atom is -0.317 e. The van der Waals surface area contributed by atoms with Crippen molar-refractivity contribution in [2.75, 3.05) is 7.05 Å². The van der Waals surface area contributed by atoms with Gasteiger partial charge in [-0.3, -0.25) is 0 Å². The molecule has 1 nitrogen and oxygen atoms in total. The lowest BCUT2D eigenvalue weighted by Gasteiger charge is -2.17. The van der Waals surface area contributed by atoms with Crippen LogP contribution < -0.4 is 5.32 Å². The molecule has 0 saturated heterocycles. The highest BCUT2D eigenvalue weighted by molar-refractivity contribution is 9.10. The van der Waals surface area contributed by atoms with Gasteiger partial charge in [0.2, 0.25) is 0 Å². The number of nitrogens with one attached hydrogen (secondary N) is 1. The van der Waals surface area contributed by atoms with Gasteiger partial charge in [-0.15, -0.1) is 0 Å². The summed E-state index contributed by atoms with van der Waals surface area (Å²) in [4.78, 5) is 0. The maximum atomic E-state index is 6.30. The molecule has 0 saturated carbocycles. The van der Waals surface area contributed by atoms with Crippen molar-refractivity contribution in [2.45, 2.75) is 31.7 Å². The molecular weight excluding hydrogens is 346 g/mol. The zero-order valence-electron chi connectivity index (χ0n) is 12.3. The van der Waals surface area contributed by atoms with E-state index in [1.54, 1.807) is 0 Å². The summed E-state index contributed by atoms with van der Waals surface area (Å²) in [6, 6.07) is 17.3. The fourth-order valence-electron chi connectivity index (χ4n) is 2.50. The van der Waals surface area contributed by atoms with Crippen LogP contribution in [0.2, 0.25) is 5.02 Å². The van der Waals surface area contributed by atoms with E-state index in [1.807, 2.05) is 13.1 Å². The van der Waals surface area contributed by atoms with Crippen molar-refractivity contribution in [3.8, 4) is 0 Å². The lowest BCUT2D eigenvalue weighted by molar-refractivity contribution is 0.502. The van der Waals surface area contributed by atoms with Crippen molar-refractivity contribution < 1.29 is 0 Å². The number of likely N-dealkylation sites (N-methyl/N-ethyl adjacent to an activating group) is 1. The average Bonchev–Trinajstić information content (AvgIpc) is 2.49. The molecule has 0 aliphatic rings. The van der Waals surface area contributed by atoms with Crippen LogP contribution in [0, 0.1) is 0 Å². The highest BCUT2D eigenvalue weighted by Gasteiger charge is 2.10. The second-order valence-corrected chi connectivity index (χ2v) is 6.63. The molecule has 21 heavy (non-hydrogen) atoms. The van der Waals surface area contributed by atoms with Gasteiger partial charge in [-0.25, -0.2) is 0 Å². The molecule has 0 heterocycles. The standard InChI is InChI=1S/C18H21BrClN/c1-21-17(9-5-8-14-6-3-2-4-7-14)12-15-10-11-16(19)13-18(15)20/h2-4,6-7,10-11,13,17,21H,5,8-9,12H2,1H3. The number of hydrogen-bond acceptors (Lipinski definition) is 1. The maximum Gasteiger partial charge on any atom is 0.0449 e. The minimum atomic E-state index is 0.465. The molecular formula is C18H21BrClN. The number of hydrogen-bond donors (Lipinski definition) is 1. The Kier molecular flexibility index (Phi) is 6.75. The van der Waals surface area contributed by atoms with Crippen LogP contribution in [0.3, 0.4) is 0 Å². The smallest absolute Gasteiger partial charge is 0.0449 e. The summed E-state index contributed by atoms with van der Waals surface area (Å²) >= 11 is 9.75. The molecule has 0 aliphatic carbocycles. The van der Waals surface area contributed by atoms with E-state index in [4.69, 9.17) is 11.6 Å². The van der Waals surface area contributed by atoms with E-state index < -0.39 is 0 Å². The molecule has 0 radical (unpaired) electrons. The first kappa shape index (κ1) is 16.5. The van der Waals surface area contributed by atoms with Crippen LogP contribution in [0.1, 0.15) is 24.0 Å². The molecule has 0 amide bonds. The summed E-state index contributed by atoms with van der Waals surface area (Å²) in [6.07, 6.45) is 4.44. The summed E-state index contributed by atoms with van der Waals surface area (Å²) in [6.45, 7) is 0. The van der Waals surface area contributed by atoms with Crippen molar-refractivity contribution in [3.05, 3.63) is 69.2 Å². The van der Waals surface area contributed by atoms with E-state index in [-0.39, 0.29) is 0 Å². The van der Waals surface area contributed by atoms with Crippen LogP contribution in [0.4, 0.5) is 0 Å². The Morgan fingerprint density at radius 2 is 1.90 bits per heavy atom. The van der Waals surface area contributed by atoms with Crippen LogP contribution in [-0.2, 0) is 12.8 Å². The first-order chi connectivity index (χ1) is 10.2. The van der Waals surface area contributed by atoms with Crippen LogP contribution in [0.5, 0.6) is 0 Å². The van der Waals surface area contributed by atoms with Crippen molar-refractivity contribution in [1.29, 1.82) is 0 Å². The van der Waals surface area contributed by atoms with Gasteiger partial charge in [-0.1, -0.05) is 63.9 Å². The number of rotatable bonds is 7. The summed E-state index contributed by atoms with van der Waals surface area (Å²) in [7, 11) is 2.03. The minimum absolute atomic E-state index is 0.465. The molecule has 0 bridgehead atoms. The second kappa shape index (κ2) is 8.57. The van der Waals surface area contributed by atoms with E-state index >= 15 is 0 Å². The molecule has 1 atom stereocenters. The summed E-state index contributed by atoms with van der Waals surface area (Å²) in [5, 5.41) is 4.25. The maximum absolute atomic E-state index is 6.30. The fraction of sp³-hybridized carbons (Fsp3) is 0.333. The zero-order chi connectivity index (χ0) is 15.1. The normalized spacial score (nSPS) is 12.3. The molecule has 2 aromatic rings. The Morgan fingerprint density at radius 3 is 2.57 bits per heavy atom. The predicted octanol–water partition coefficient (Wildman–Crippen LogP) is 5.26. The molecule has 112 valence electrons. The fourth-order valence-corrected chi connectivity index (χ4v) is 3.25. The van der Waals surface area contributed by atoms with Crippen LogP contribution >= 0.6 is 27.5 Å². The van der Waals surface area contributed by atoms with Gasteiger partial charge in [0.1, 0.15) is 0 Å². The highest BCUT2D eigenvalue weighted by Crippen LogP contribution is 2.23. The third-order valence-corrected chi connectivity index (χ3v) is 4.60. The number of benzene rings is 2. The topological polar surface area (TPSA) is 12.0 Å². The Morgan fingerprint density at radius 1 is 1.14 bits per heavy atom. The lowest BCUT2D eigenvalue weighted by atomic mass is 9.99. The summed E-state index contributed by atoms with van der Waals surface area (Å²) in [5.74, 6) is 0. The third kappa shape index (κ3) is 5.46. The summed E-state index contributed by atoms with van der Waals surface area (Å²) in [5.41, 5.74) is 2.62. The van der Waals surface area contributed by atoms with Crippen LogP contribution in [0.15, 0.2) is 53.0 Å². The zero-order valence-corrected chi connectivity index (χ0v) is 14.6. The Balaban J connectivity index is 1.85. The van der Waals surface area contributed by atoms with Crippen molar-refractivity contribution >= 4 is 27.5 Å². The van der Waals surface area contributed by atoms with Gasteiger partial charge in [-0.05, 0) is 56.0 Å². The van der Waals surface area contributed by atoms with E-state index in [0.29, 0.717) is 6.04 Å². The van der Waals surface area contributed by atoms with Crippen LogP contribution in [0.25, 0.3) is 0 Å². The SMILES string of the molecule is CNC(CCCc1ccccc1)Cc1ccc(Br)cc1Cl. The van der Waals surface area contributed by atoms with Crippen molar-refractivity contribution in [1.82, 2.24) is 5.32 Å². The second-order valence-electron chi connectivity index (χ2n) is 5.30. The molecule has 0 aromatic heterocycles. The number of aryl methyl sites for hydroxylation is 1. The Labute approximate surface area is 140 Å². The molecule has 1 unspecified atom stereocenters. The van der Waals surface area contributed by atoms with E-state index in [9.17, 15) is 0 Å². The van der Waals surface area contributed by atoms with E-state index in [2.05, 4.69) is 63.7 Å². The van der Waals surface area contributed by atoms with E-state index in [0.717, 1.165) is 28.8 Å². The van der Waals surface area contributed by atoms with Gasteiger partial charge in [0.25, 0.3) is 0 Å². The largest absolute Gasteiger partial charge is 0.317 e. The highest BCUT2D eigenvalue weighted by atomic mass is 79.9. The quantitative estimate of drug-likeness (QED) is 0.705. The Hall–Kier alpha value is -0.830. The molecule has 1 N–H and O–H groups in total. The van der Waals surface area contributed by atoms with Gasteiger partial charge < -0.3 is 5.32 Å². The summed E-state index contributed by atoms with van der Waals surface area (Å²) < 4.78 is 1.03. The monoisotopic (exact) mass is 365 g/mol. The molecule has 0 spiro atoms. The van der Waals surface area contributed by atoms with Crippen LogP contribution in [-0.4, -0.2) is 13.1 Å². The molecule has 0 aliphatic heterocycles. The van der Waals surface area contributed by atoms with Crippen molar-refractivity contribution in [2.24, 2.45) is 0 Å². The van der Waals surface area contributed by atoms with Crippen molar-refractivity contribution in [3.63, 3.8) is 0 Å². The molecule has 2 rings (SSSR count).